The Morgan fingerprint density at radius 1 is 0.944 bits per heavy atom. The molecule has 1 N–H and O–H groups in total. The summed E-state index contributed by atoms with van der Waals surface area (Å²) in [5.41, 5.74) is 2.84. The SMILES string of the molecule is O=C(O)CCc1cn(S(=O)(=O)c2ccc(Oc3ccccn3)cc2)c2ccc(-c3cccnc3)cc12. The Balaban J connectivity index is 1.54. The molecule has 0 spiro atoms. The van der Waals surface area contributed by atoms with E-state index < -0.39 is 16.0 Å². The topological polar surface area (TPSA) is 111 Å². The normalized spacial score (nSPS) is 11.4. The summed E-state index contributed by atoms with van der Waals surface area (Å²) in [6.45, 7) is 0. The first-order valence-corrected chi connectivity index (χ1v) is 12.6. The van der Waals surface area contributed by atoms with E-state index in [1.165, 1.54) is 22.3 Å². The number of aryl methyl sites for hydroxylation is 1. The molecule has 0 aliphatic carbocycles. The van der Waals surface area contributed by atoms with E-state index >= 15 is 0 Å². The molecule has 0 saturated heterocycles. The zero-order valence-electron chi connectivity index (χ0n) is 19.0. The standard InChI is InChI=1S/C27H21N3O5S/c31-27(32)13-7-21-18-30(25-12-6-19(16-24(21)25)20-4-3-14-28-17-20)36(33,34)23-10-8-22(9-11-23)35-26-5-1-2-15-29-26/h1-6,8-12,14-18H,7,13H2,(H,31,32). The molecular formula is C27H21N3O5S. The number of carbonyl (C=O) groups is 1. The van der Waals surface area contributed by atoms with Gasteiger partial charge in [-0.2, -0.15) is 0 Å². The molecule has 0 aliphatic heterocycles. The quantitative estimate of drug-likeness (QED) is 0.314. The number of pyridine rings is 2. The molecule has 36 heavy (non-hydrogen) atoms. The van der Waals surface area contributed by atoms with Crippen LogP contribution in [-0.2, 0) is 21.2 Å². The van der Waals surface area contributed by atoms with Crippen molar-refractivity contribution < 1.29 is 23.1 Å². The Morgan fingerprint density at radius 3 is 2.47 bits per heavy atom. The van der Waals surface area contributed by atoms with Crippen molar-refractivity contribution in [3.05, 3.63) is 103 Å². The Bertz CT molecular complexity index is 1630. The molecule has 0 amide bonds. The minimum Gasteiger partial charge on any atom is -0.481 e. The van der Waals surface area contributed by atoms with Gasteiger partial charge in [-0.3, -0.25) is 9.78 Å². The Morgan fingerprint density at radius 2 is 1.78 bits per heavy atom. The highest BCUT2D eigenvalue weighted by atomic mass is 32.2. The Hall–Kier alpha value is -4.50. The van der Waals surface area contributed by atoms with E-state index in [2.05, 4.69) is 9.97 Å². The summed E-state index contributed by atoms with van der Waals surface area (Å²) in [6.07, 6.45) is 6.59. The maximum atomic E-state index is 13.6. The van der Waals surface area contributed by atoms with Gasteiger partial charge in [0.05, 0.1) is 10.4 Å². The van der Waals surface area contributed by atoms with E-state index in [-0.39, 0.29) is 17.7 Å². The van der Waals surface area contributed by atoms with Crippen LogP contribution < -0.4 is 4.74 Å². The molecule has 5 aromatic rings. The van der Waals surface area contributed by atoms with Gasteiger partial charge in [0.25, 0.3) is 10.0 Å². The lowest BCUT2D eigenvalue weighted by molar-refractivity contribution is -0.136. The van der Waals surface area contributed by atoms with Crippen molar-refractivity contribution >= 4 is 26.9 Å². The van der Waals surface area contributed by atoms with Crippen LogP contribution in [0.3, 0.4) is 0 Å². The zero-order chi connectivity index (χ0) is 25.1. The molecule has 2 aromatic carbocycles. The van der Waals surface area contributed by atoms with Crippen molar-refractivity contribution in [1.29, 1.82) is 0 Å². The summed E-state index contributed by atoms with van der Waals surface area (Å²) in [5, 5.41) is 9.88. The summed E-state index contributed by atoms with van der Waals surface area (Å²) in [7, 11) is -3.96. The lowest BCUT2D eigenvalue weighted by atomic mass is 10.0. The van der Waals surface area contributed by atoms with Gasteiger partial charge < -0.3 is 9.84 Å². The fourth-order valence-electron chi connectivity index (χ4n) is 3.94. The summed E-state index contributed by atoms with van der Waals surface area (Å²) in [5.74, 6) is -0.101. The largest absolute Gasteiger partial charge is 0.481 e. The van der Waals surface area contributed by atoms with Crippen LogP contribution in [-0.4, -0.2) is 33.4 Å². The monoisotopic (exact) mass is 499 g/mol. The first-order valence-electron chi connectivity index (χ1n) is 11.1. The number of rotatable bonds is 8. The highest BCUT2D eigenvalue weighted by Crippen LogP contribution is 2.31. The summed E-state index contributed by atoms with van der Waals surface area (Å²) < 4.78 is 34.1. The van der Waals surface area contributed by atoms with Crippen LogP contribution in [0.2, 0.25) is 0 Å². The number of aliphatic carboxylic acids is 1. The number of hydrogen-bond donors (Lipinski definition) is 1. The van der Waals surface area contributed by atoms with Crippen LogP contribution in [0.1, 0.15) is 12.0 Å². The van der Waals surface area contributed by atoms with Crippen molar-refractivity contribution in [3.63, 3.8) is 0 Å². The number of hydrogen-bond acceptors (Lipinski definition) is 6. The van der Waals surface area contributed by atoms with Crippen LogP contribution in [0, 0.1) is 0 Å². The van der Waals surface area contributed by atoms with Gasteiger partial charge in [-0.15, -0.1) is 0 Å². The second kappa shape index (κ2) is 9.63. The molecule has 0 fully saturated rings. The molecule has 0 unspecified atom stereocenters. The first kappa shape index (κ1) is 23.3. The first-order chi connectivity index (χ1) is 17.4. The summed E-state index contributed by atoms with van der Waals surface area (Å²) in [6, 6.07) is 20.5. The number of nitrogens with zero attached hydrogens (tertiary/aromatic N) is 3. The Labute approximate surface area is 207 Å². The van der Waals surface area contributed by atoms with Crippen LogP contribution in [0.15, 0.2) is 102 Å². The van der Waals surface area contributed by atoms with Gasteiger partial charge in [-0.25, -0.2) is 17.4 Å². The molecule has 0 radical (unpaired) electrons. The minimum atomic E-state index is -3.96. The highest BCUT2D eigenvalue weighted by Gasteiger charge is 2.22. The molecule has 0 atom stereocenters. The van der Waals surface area contributed by atoms with Crippen LogP contribution in [0.5, 0.6) is 11.6 Å². The second-order valence-electron chi connectivity index (χ2n) is 8.06. The molecule has 0 aliphatic rings. The third-order valence-corrected chi connectivity index (χ3v) is 7.38. The number of fused-ring (bicyclic) bond motifs is 1. The molecule has 0 bridgehead atoms. The minimum absolute atomic E-state index is 0.0777. The number of carboxylic acids is 1. The van der Waals surface area contributed by atoms with Crippen molar-refractivity contribution in [1.82, 2.24) is 13.9 Å². The molecule has 9 heteroatoms. The van der Waals surface area contributed by atoms with Crippen molar-refractivity contribution in [3.8, 4) is 22.8 Å². The van der Waals surface area contributed by atoms with E-state index in [9.17, 15) is 18.3 Å². The van der Waals surface area contributed by atoms with Crippen molar-refractivity contribution in [2.75, 3.05) is 0 Å². The summed E-state index contributed by atoms with van der Waals surface area (Å²) >= 11 is 0. The fourth-order valence-corrected chi connectivity index (χ4v) is 5.33. The highest BCUT2D eigenvalue weighted by molar-refractivity contribution is 7.90. The van der Waals surface area contributed by atoms with E-state index in [0.29, 0.717) is 28.1 Å². The van der Waals surface area contributed by atoms with Gasteiger partial charge in [-0.1, -0.05) is 18.2 Å². The van der Waals surface area contributed by atoms with E-state index in [1.807, 2.05) is 24.3 Å². The lowest BCUT2D eigenvalue weighted by Crippen LogP contribution is -2.11. The van der Waals surface area contributed by atoms with Crippen molar-refractivity contribution in [2.45, 2.75) is 17.7 Å². The Kier molecular flexibility index (Phi) is 6.22. The molecule has 3 heterocycles. The van der Waals surface area contributed by atoms with Gasteiger partial charge in [0, 0.05) is 48.2 Å². The van der Waals surface area contributed by atoms with Gasteiger partial charge >= 0.3 is 5.97 Å². The van der Waals surface area contributed by atoms with Crippen LogP contribution >= 0.6 is 0 Å². The number of carboxylic acid groups (broad SMARTS) is 1. The number of aromatic nitrogens is 3. The predicted octanol–water partition coefficient (Wildman–Crippen LogP) is 5.14. The van der Waals surface area contributed by atoms with Gasteiger partial charge in [0.15, 0.2) is 0 Å². The molecule has 180 valence electrons. The average Bonchev–Trinajstić information content (AvgIpc) is 3.28. The maximum Gasteiger partial charge on any atom is 0.303 e. The third-order valence-electron chi connectivity index (χ3n) is 5.70. The molecular weight excluding hydrogens is 478 g/mol. The summed E-state index contributed by atoms with van der Waals surface area (Å²) in [4.78, 5) is 19.6. The molecule has 3 aromatic heterocycles. The maximum absolute atomic E-state index is 13.6. The van der Waals surface area contributed by atoms with Gasteiger partial charge in [0.2, 0.25) is 5.88 Å². The molecule has 0 saturated carbocycles. The van der Waals surface area contributed by atoms with E-state index in [1.54, 1.807) is 55.0 Å². The smallest absolute Gasteiger partial charge is 0.303 e. The number of benzene rings is 2. The van der Waals surface area contributed by atoms with Gasteiger partial charge in [-0.05, 0) is 66.1 Å². The molecule has 5 rings (SSSR count). The fraction of sp³-hybridized carbons (Fsp3) is 0.0741. The zero-order valence-corrected chi connectivity index (χ0v) is 19.8. The molecule has 8 nitrogen and oxygen atoms in total. The van der Waals surface area contributed by atoms with Crippen LogP contribution in [0.4, 0.5) is 0 Å². The van der Waals surface area contributed by atoms with Crippen molar-refractivity contribution in [2.24, 2.45) is 0 Å². The third kappa shape index (κ3) is 4.69. The predicted molar refractivity (Wildman–Crippen MR) is 134 cm³/mol. The second-order valence-corrected chi connectivity index (χ2v) is 9.88. The van der Waals surface area contributed by atoms with E-state index in [4.69, 9.17) is 4.74 Å². The van der Waals surface area contributed by atoms with Crippen LogP contribution in [0.25, 0.3) is 22.0 Å². The van der Waals surface area contributed by atoms with Gasteiger partial charge in [0.1, 0.15) is 5.75 Å². The van der Waals surface area contributed by atoms with E-state index in [0.717, 1.165) is 11.1 Å². The average molecular weight is 500 g/mol. The number of ether oxygens (including phenoxy) is 1. The lowest BCUT2D eigenvalue weighted by Gasteiger charge is -2.09.